The van der Waals surface area contributed by atoms with E-state index in [0.29, 0.717) is 22.4 Å². The number of carbonyl (C=O) groups excluding carboxylic acids is 2. The third-order valence-electron chi connectivity index (χ3n) is 4.94. The Hall–Kier alpha value is -4.18. The molecule has 0 aliphatic rings. The smallest absolute Gasteiger partial charge is 0.354 e. The first-order valence-corrected chi connectivity index (χ1v) is 12.0. The van der Waals surface area contributed by atoms with Gasteiger partial charge in [0.15, 0.2) is 0 Å². The number of hydrogen-bond acceptors (Lipinski definition) is 7. The fourth-order valence-corrected chi connectivity index (χ4v) is 3.78. The van der Waals surface area contributed by atoms with E-state index in [-0.39, 0.29) is 17.0 Å². The summed E-state index contributed by atoms with van der Waals surface area (Å²) in [6.07, 6.45) is 0.779. The van der Waals surface area contributed by atoms with Gasteiger partial charge in [0.05, 0.1) is 11.8 Å². The zero-order chi connectivity index (χ0) is 24.9. The topological polar surface area (TPSA) is 151 Å². The van der Waals surface area contributed by atoms with Crippen LogP contribution in [0.1, 0.15) is 27.5 Å². The van der Waals surface area contributed by atoms with Crippen molar-refractivity contribution in [3.63, 3.8) is 0 Å². The molecular weight excluding hydrogens is 456 g/mol. The van der Waals surface area contributed by atoms with Gasteiger partial charge in [0, 0.05) is 18.3 Å². The Kier molecular flexibility index (Phi) is 7.32. The Labute approximate surface area is 197 Å². The van der Waals surface area contributed by atoms with E-state index in [1.807, 2.05) is 0 Å². The van der Waals surface area contributed by atoms with E-state index in [1.165, 1.54) is 7.05 Å². The van der Waals surface area contributed by atoms with Crippen LogP contribution in [0.4, 0.5) is 5.69 Å². The average molecular weight is 481 g/mol. The Morgan fingerprint density at radius 3 is 2.18 bits per heavy atom. The molecule has 0 saturated carbocycles. The Morgan fingerprint density at radius 2 is 1.62 bits per heavy atom. The Morgan fingerprint density at radius 1 is 0.971 bits per heavy atom. The molecule has 0 radical (unpaired) electrons. The van der Waals surface area contributed by atoms with Crippen LogP contribution in [0.2, 0.25) is 0 Å². The number of nitrogens with one attached hydrogen (secondary N) is 3. The van der Waals surface area contributed by atoms with Crippen LogP contribution in [-0.4, -0.2) is 39.4 Å². The molecule has 5 N–H and O–H groups in total. The van der Waals surface area contributed by atoms with Crippen LogP contribution in [0.5, 0.6) is 0 Å². The maximum Gasteiger partial charge on any atom is 0.354 e. The second kappa shape index (κ2) is 10.2. The highest BCUT2D eigenvalue weighted by Gasteiger charge is 2.29. The van der Waals surface area contributed by atoms with Crippen LogP contribution < -0.4 is 16.4 Å². The van der Waals surface area contributed by atoms with Gasteiger partial charge in [-0.1, -0.05) is 48.5 Å². The summed E-state index contributed by atoms with van der Waals surface area (Å²) in [6, 6.07) is 19.2. The van der Waals surface area contributed by atoms with Gasteiger partial charge in [0.25, 0.3) is 0 Å². The summed E-state index contributed by atoms with van der Waals surface area (Å²) >= 11 is 0. The van der Waals surface area contributed by atoms with Gasteiger partial charge in [0.1, 0.15) is 11.9 Å². The second-order valence-electron chi connectivity index (χ2n) is 7.39. The Bertz CT molecular complexity index is 1320. The van der Waals surface area contributed by atoms with Crippen LogP contribution in [-0.2, 0) is 19.1 Å². The van der Waals surface area contributed by atoms with Crippen LogP contribution in [0, 0.1) is 5.41 Å². The van der Waals surface area contributed by atoms with Gasteiger partial charge >= 0.3 is 16.1 Å². The summed E-state index contributed by atoms with van der Waals surface area (Å²) < 4.78 is 28.2. The molecule has 0 saturated heterocycles. The number of anilines is 1. The molecule has 1 amide bonds. The third-order valence-corrected chi connectivity index (χ3v) is 5.39. The molecule has 0 aliphatic heterocycles. The summed E-state index contributed by atoms with van der Waals surface area (Å²) in [5, 5.41) is 13.2. The molecule has 0 aromatic heterocycles. The molecule has 1 atom stereocenters. The highest BCUT2D eigenvalue weighted by Crippen LogP contribution is 2.32. The lowest BCUT2D eigenvalue weighted by Crippen LogP contribution is -2.32. The van der Waals surface area contributed by atoms with Crippen molar-refractivity contribution in [3.05, 3.63) is 89.5 Å². The van der Waals surface area contributed by atoms with Crippen molar-refractivity contribution in [2.75, 3.05) is 18.6 Å². The predicted octanol–water partition coefficient (Wildman–Crippen LogP) is 2.65. The lowest BCUT2D eigenvalue weighted by molar-refractivity contribution is -0.121. The number of nitrogens with two attached hydrogens (primary N) is 1. The van der Waals surface area contributed by atoms with Crippen molar-refractivity contribution >= 4 is 33.5 Å². The lowest BCUT2D eigenvalue weighted by Gasteiger charge is -2.23. The van der Waals surface area contributed by atoms with Crippen LogP contribution in [0.15, 0.2) is 72.8 Å². The maximum absolute atomic E-state index is 13.1. The second-order valence-corrected chi connectivity index (χ2v) is 8.97. The van der Waals surface area contributed by atoms with Gasteiger partial charge in [0.2, 0.25) is 5.91 Å². The third kappa shape index (κ3) is 5.78. The molecule has 0 heterocycles. The van der Waals surface area contributed by atoms with E-state index in [9.17, 15) is 18.0 Å². The molecule has 0 bridgehead atoms. The van der Waals surface area contributed by atoms with Gasteiger partial charge in [-0.25, -0.2) is 4.79 Å². The van der Waals surface area contributed by atoms with Crippen molar-refractivity contribution in [3.8, 4) is 11.1 Å². The maximum atomic E-state index is 13.1. The number of amides is 1. The van der Waals surface area contributed by atoms with E-state index >= 15 is 0 Å². The molecule has 3 rings (SSSR count). The summed E-state index contributed by atoms with van der Waals surface area (Å²) in [7, 11) is -2.66. The van der Waals surface area contributed by atoms with Crippen LogP contribution in [0.3, 0.4) is 0 Å². The van der Waals surface area contributed by atoms with E-state index in [0.717, 1.165) is 6.26 Å². The zero-order valence-corrected chi connectivity index (χ0v) is 19.3. The van der Waals surface area contributed by atoms with Crippen LogP contribution in [0.25, 0.3) is 11.1 Å². The monoisotopic (exact) mass is 480 g/mol. The van der Waals surface area contributed by atoms with Crippen molar-refractivity contribution in [2.45, 2.75) is 6.04 Å². The largest absolute Gasteiger partial charge is 0.384 e. The van der Waals surface area contributed by atoms with E-state index < -0.39 is 28.0 Å². The van der Waals surface area contributed by atoms with Crippen molar-refractivity contribution in [2.24, 2.45) is 5.73 Å². The molecule has 176 valence electrons. The SMILES string of the molecule is CNC(=O)C(Nc1ccc(C(=N)N)cc1)c1cccc(-c2ccccc2)c1C(=O)OS(C)(=O)=O. The molecule has 10 heteroatoms. The van der Waals surface area contributed by atoms with Gasteiger partial charge in [-0.15, -0.1) is 0 Å². The van der Waals surface area contributed by atoms with E-state index in [4.69, 9.17) is 15.3 Å². The first kappa shape index (κ1) is 24.5. The normalized spacial score (nSPS) is 11.8. The lowest BCUT2D eigenvalue weighted by atomic mass is 9.91. The number of carbonyl (C=O) groups is 2. The average Bonchev–Trinajstić information content (AvgIpc) is 2.81. The van der Waals surface area contributed by atoms with E-state index in [1.54, 1.807) is 72.8 Å². The minimum Gasteiger partial charge on any atom is -0.384 e. The van der Waals surface area contributed by atoms with Crippen LogP contribution >= 0.6 is 0 Å². The van der Waals surface area contributed by atoms with E-state index in [2.05, 4.69) is 10.6 Å². The fraction of sp³-hybridized carbons (Fsp3) is 0.125. The highest BCUT2D eigenvalue weighted by atomic mass is 32.2. The summed E-state index contributed by atoms with van der Waals surface area (Å²) in [5.74, 6) is -1.66. The fourth-order valence-electron chi connectivity index (χ4n) is 3.42. The number of nitrogen functional groups attached to an aromatic ring is 1. The number of benzene rings is 3. The summed E-state index contributed by atoms with van der Waals surface area (Å²) in [5.41, 5.74) is 7.75. The number of likely N-dealkylation sites (N-methyl/N-ethyl adjacent to an activating group) is 1. The molecule has 0 aliphatic carbocycles. The Balaban J connectivity index is 2.17. The quantitative estimate of drug-likeness (QED) is 0.220. The standard InChI is InChI=1S/C24H24N4O5S/c1-27-23(29)21(28-17-13-11-16(12-14-17)22(25)26)19-10-6-9-18(15-7-4-3-5-8-15)20(19)24(30)33-34(2,31)32/h3-14,21,28H,1-2H3,(H3,25,26)(H,27,29). The molecule has 3 aromatic carbocycles. The van der Waals surface area contributed by atoms with Gasteiger partial charge < -0.3 is 20.6 Å². The van der Waals surface area contributed by atoms with Gasteiger partial charge in [-0.3, -0.25) is 10.2 Å². The van der Waals surface area contributed by atoms with Crippen molar-refractivity contribution in [1.82, 2.24) is 5.32 Å². The molecule has 0 fully saturated rings. The molecule has 3 aromatic rings. The highest BCUT2D eigenvalue weighted by molar-refractivity contribution is 7.86. The number of hydrogen-bond donors (Lipinski definition) is 4. The molecule has 0 spiro atoms. The van der Waals surface area contributed by atoms with Gasteiger partial charge in [-0.05, 0) is 41.0 Å². The number of amidine groups is 1. The van der Waals surface area contributed by atoms with Crippen molar-refractivity contribution < 1.29 is 22.2 Å². The zero-order valence-electron chi connectivity index (χ0n) is 18.5. The minimum atomic E-state index is -4.11. The first-order valence-electron chi connectivity index (χ1n) is 10.2. The van der Waals surface area contributed by atoms with Gasteiger partial charge in [-0.2, -0.15) is 8.42 Å². The molecule has 34 heavy (non-hydrogen) atoms. The predicted molar refractivity (Wildman–Crippen MR) is 130 cm³/mol. The minimum absolute atomic E-state index is 0.0550. The first-order chi connectivity index (χ1) is 16.1. The molecule has 1 unspecified atom stereocenters. The molecule has 9 nitrogen and oxygen atoms in total. The summed E-state index contributed by atoms with van der Waals surface area (Å²) in [6.45, 7) is 0. The molecular formula is C24H24N4O5S. The summed E-state index contributed by atoms with van der Waals surface area (Å²) in [4.78, 5) is 26.0. The van der Waals surface area contributed by atoms with Crippen molar-refractivity contribution in [1.29, 1.82) is 5.41 Å². The number of rotatable bonds is 8.